The van der Waals surface area contributed by atoms with Crippen LogP contribution in [0.15, 0.2) is 180 Å². The van der Waals surface area contributed by atoms with Crippen LogP contribution < -0.4 is 0 Å². The van der Waals surface area contributed by atoms with E-state index in [1.807, 2.05) is 72.4 Å². The molecule has 0 saturated heterocycles. The molecule has 7 aromatic carbocycles. The van der Waals surface area contributed by atoms with E-state index >= 15 is 0 Å². The van der Waals surface area contributed by atoms with Gasteiger partial charge in [0.05, 0.1) is 11.0 Å². The summed E-state index contributed by atoms with van der Waals surface area (Å²) in [5, 5.41) is 2.47. The van der Waals surface area contributed by atoms with Crippen LogP contribution in [0.5, 0.6) is 0 Å². The van der Waals surface area contributed by atoms with Crippen molar-refractivity contribution in [3.8, 4) is 62.1 Å². The zero-order chi connectivity index (χ0) is 33.0. The molecule has 3 heterocycles. The smallest absolute Gasteiger partial charge is 0.164 e. The summed E-state index contributed by atoms with van der Waals surface area (Å²) in [6.07, 6.45) is 0. The number of nitrogens with zero attached hydrogens (tertiary/aromatic N) is 4. The minimum Gasteiger partial charge on any atom is -0.309 e. The molecule has 10 rings (SSSR count). The van der Waals surface area contributed by atoms with Crippen LogP contribution in [0.4, 0.5) is 0 Å². The second kappa shape index (κ2) is 11.7. The average Bonchev–Trinajstić information content (AvgIpc) is 3.45. The van der Waals surface area contributed by atoms with Crippen molar-refractivity contribution in [1.82, 2.24) is 19.5 Å². The van der Waals surface area contributed by atoms with E-state index in [1.165, 1.54) is 53.9 Å². The SMILES string of the molecule is c1ccc(-c2nc(-c3ccccc3)nc(-c3ccc(-n4c5ccccc5c5ccc6c(c54)-c4ccccc4-c4ccccc4S6)cc3)n2)cc1. The van der Waals surface area contributed by atoms with E-state index in [9.17, 15) is 0 Å². The van der Waals surface area contributed by atoms with E-state index in [2.05, 4.69) is 114 Å². The summed E-state index contributed by atoms with van der Waals surface area (Å²) >= 11 is 1.85. The monoisotopic (exact) mass is 656 g/mol. The highest BCUT2D eigenvalue weighted by atomic mass is 32.2. The second-order valence-electron chi connectivity index (χ2n) is 12.4. The Morgan fingerprint density at radius 3 is 1.60 bits per heavy atom. The first-order valence-electron chi connectivity index (χ1n) is 16.7. The van der Waals surface area contributed by atoms with Gasteiger partial charge in [0.2, 0.25) is 0 Å². The Morgan fingerprint density at radius 1 is 0.380 bits per heavy atom. The maximum absolute atomic E-state index is 4.97. The van der Waals surface area contributed by atoms with Crippen LogP contribution in [0, 0.1) is 0 Å². The minimum absolute atomic E-state index is 0.642. The van der Waals surface area contributed by atoms with E-state index in [-0.39, 0.29) is 0 Å². The number of hydrogen-bond donors (Lipinski definition) is 0. The van der Waals surface area contributed by atoms with Gasteiger partial charge >= 0.3 is 0 Å². The maximum atomic E-state index is 4.97. The van der Waals surface area contributed by atoms with Crippen LogP contribution >= 0.6 is 11.8 Å². The lowest BCUT2D eigenvalue weighted by molar-refractivity contribution is 1.07. The van der Waals surface area contributed by atoms with Crippen LogP contribution in [0.1, 0.15) is 0 Å². The van der Waals surface area contributed by atoms with Crippen LogP contribution in [-0.2, 0) is 0 Å². The van der Waals surface area contributed by atoms with Gasteiger partial charge in [0.15, 0.2) is 17.5 Å². The molecule has 50 heavy (non-hydrogen) atoms. The Labute approximate surface area is 293 Å². The molecule has 9 aromatic rings. The van der Waals surface area contributed by atoms with Crippen molar-refractivity contribution in [2.24, 2.45) is 0 Å². The van der Waals surface area contributed by atoms with Crippen LogP contribution in [0.2, 0.25) is 0 Å². The number of benzene rings is 7. The van der Waals surface area contributed by atoms with E-state index in [0.717, 1.165) is 22.4 Å². The Kier molecular flexibility index (Phi) is 6.71. The van der Waals surface area contributed by atoms with Crippen molar-refractivity contribution >= 4 is 33.6 Å². The first-order valence-corrected chi connectivity index (χ1v) is 17.5. The topological polar surface area (TPSA) is 43.6 Å². The quantitative estimate of drug-likeness (QED) is 0.189. The van der Waals surface area contributed by atoms with E-state index in [4.69, 9.17) is 15.0 Å². The highest BCUT2D eigenvalue weighted by molar-refractivity contribution is 7.99. The van der Waals surface area contributed by atoms with Gasteiger partial charge in [0, 0.05) is 48.5 Å². The lowest BCUT2D eigenvalue weighted by Gasteiger charge is -2.15. The molecule has 0 saturated carbocycles. The molecule has 0 amide bonds. The Balaban J connectivity index is 1.18. The van der Waals surface area contributed by atoms with Crippen molar-refractivity contribution in [1.29, 1.82) is 0 Å². The van der Waals surface area contributed by atoms with Crippen LogP contribution in [0.3, 0.4) is 0 Å². The lowest BCUT2D eigenvalue weighted by Crippen LogP contribution is -2.01. The van der Waals surface area contributed by atoms with Crippen molar-refractivity contribution < 1.29 is 0 Å². The van der Waals surface area contributed by atoms with Crippen LogP contribution in [0.25, 0.3) is 83.9 Å². The molecule has 1 aliphatic heterocycles. The van der Waals surface area contributed by atoms with Gasteiger partial charge in [-0.2, -0.15) is 0 Å². The third-order valence-corrected chi connectivity index (χ3v) is 10.6. The molecule has 0 aliphatic carbocycles. The molecule has 0 atom stereocenters. The highest BCUT2D eigenvalue weighted by Crippen LogP contribution is 2.51. The van der Waals surface area contributed by atoms with Crippen molar-refractivity contribution in [3.63, 3.8) is 0 Å². The number of rotatable bonds is 4. The van der Waals surface area contributed by atoms with Gasteiger partial charge < -0.3 is 4.57 Å². The fraction of sp³-hybridized carbons (Fsp3) is 0. The molecule has 0 radical (unpaired) electrons. The molecular weight excluding hydrogens is 629 g/mol. The molecule has 0 fully saturated rings. The summed E-state index contributed by atoms with van der Waals surface area (Å²) < 4.78 is 2.43. The molecule has 0 bridgehead atoms. The average molecular weight is 657 g/mol. The molecule has 0 unspecified atom stereocenters. The first kappa shape index (κ1) is 28.7. The number of hydrogen-bond acceptors (Lipinski definition) is 4. The largest absolute Gasteiger partial charge is 0.309 e. The lowest BCUT2D eigenvalue weighted by atomic mass is 9.93. The van der Waals surface area contributed by atoms with Crippen LogP contribution in [-0.4, -0.2) is 19.5 Å². The third-order valence-electron chi connectivity index (χ3n) is 9.48. The number of para-hydroxylation sites is 1. The van der Waals surface area contributed by atoms with Crippen molar-refractivity contribution in [2.75, 3.05) is 0 Å². The summed E-state index contributed by atoms with van der Waals surface area (Å²) in [6.45, 7) is 0. The zero-order valence-electron chi connectivity index (χ0n) is 26.9. The predicted molar refractivity (Wildman–Crippen MR) is 205 cm³/mol. The highest BCUT2D eigenvalue weighted by Gasteiger charge is 2.25. The van der Waals surface area contributed by atoms with Gasteiger partial charge in [-0.25, -0.2) is 15.0 Å². The van der Waals surface area contributed by atoms with Gasteiger partial charge in [0.1, 0.15) is 0 Å². The van der Waals surface area contributed by atoms with Gasteiger partial charge in [0.25, 0.3) is 0 Å². The van der Waals surface area contributed by atoms with Gasteiger partial charge in [-0.3, -0.25) is 0 Å². The van der Waals surface area contributed by atoms with Gasteiger partial charge in [-0.05, 0) is 59.2 Å². The third kappa shape index (κ3) is 4.66. The zero-order valence-corrected chi connectivity index (χ0v) is 27.7. The molecule has 2 aromatic heterocycles. The summed E-state index contributed by atoms with van der Waals surface area (Å²) in [5.74, 6) is 1.95. The van der Waals surface area contributed by atoms with E-state index < -0.39 is 0 Å². The molecule has 0 N–H and O–H groups in total. The Hall–Kier alpha value is -6.30. The van der Waals surface area contributed by atoms with Crippen molar-refractivity contribution in [3.05, 3.63) is 170 Å². The summed E-state index contributed by atoms with van der Waals surface area (Å²) in [4.78, 5) is 17.3. The van der Waals surface area contributed by atoms with E-state index in [0.29, 0.717) is 17.5 Å². The Bertz CT molecular complexity index is 2660. The fourth-order valence-corrected chi connectivity index (χ4v) is 8.30. The number of fused-ring (bicyclic) bond motifs is 9. The van der Waals surface area contributed by atoms with Gasteiger partial charge in [-0.15, -0.1) is 0 Å². The summed E-state index contributed by atoms with van der Waals surface area (Å²) in [5.41, 5.74) is 11.3. The van der Waals surface area contributed by atoms with E-state index in [1.54, 1.807) is 0 Å². The second-order valence-corrected chi connectivity index (χ2v) is 13.5. The first-order chi connectivity index (χ1) is 24.8. The molecule has 0 spiro atoms. The molecule has 1 aliphatic rings. The minimum atomic E-state index is 0.642. The molecular formula is C45H28N4S. The maximum Gasteiger partial charge on any atom is 0.164 e. The normalized spacial score (nSPS) is 11.9. The summed E-state index contributed by atoms with van der Waals surface area (Å²) in [7, 11) is 0. The predicted octanol–water partition coefficient (Wildman–Crippen LogP) is 11.8. The molecule has 4 nitrogen and oxygen atoms in total. The number of aromatic nitrogens is 4. The molecule has 234 valence electrons. The van der Waals surface area contributed by atoms with Crippen molar-refractivity contribution in [2.45, 2.75) is 9.79 Å². The molecule has 5 heteroatoms. The standard InChI is InChI=1S/C45H28N4S/c1-3-13-29(14-4-1)43-46-44(30-15-5-2-6-16-30)48-45(47-43)31-23-25-32(26-24-31)49-38-21-11-9-18-34(38)37-27-28-40-41(42(37)49)36-20-8-7-17-33(36)35-19-10-12-22-39(35)50-40/h1-28H. The summed E-state index contributed by atoms with van der Waals surface area (Å²) in [6, 6.07) is 59.8. The fourth-order valence-electron chi connectivity index (χ4n) is 7.18. The van der Waals surface area contributed by atoms with Gasteiger partial charge in [-0.1, -0.05) is 139 Å². The Morgan fingerprint density at radius 2 is 0.920 bits per heavy atom.